The summed E-state index contributed by atoms with van der Waals surface area (Å²) < 4.78 is 0. The van der Waals surface area contributed by atoms with E-state index in [4.69, 9.17) is 11.6 Å². The third-order valence-corrected chi connectivity index (χ3v) is 6.15. The minimum absolute atomic E-state index is 0.0795. The van der Waals surface area contributed by atoms with Gasteiger partial charge in [-0.05, 0) is 36.8 Å². The monoisotopic (exact) mass is 376 g/mol. The third kappa shape index (κ3) is 3.28. The number of rotatable bonds is 4. The van der Waals surface area contributed by atoms with E-state index in [0.29, 0.717) is 23.2 Å². The quantitative estimate of drug-likeness (QED) is 0.884. The third-order valence-electron chi connectivity index (χ3n) is 5.01. The number of amides is 1. The van der Waals surface area contributed by atoms with Crippen molar-refractivity contribution in [2.24, 2.45) is 17.8 Å². The smallest absolute Gasteiger partial charge is 0.308 e. The Balaban J connectivity index is 1.51. The van der Waals surface area contributed by atoms with E-state index in [1.807, 2.05) is 12.1 Å². The normalized spacial score (nSPS) is 23.0. The van der Waals surface area contributed by atoms with Crippen molar-refractivity contribution in [3.63, 3.8) is 0 Å². The molecule has 7 heteroatoms. The molecule has 2 fully saturated rings. The molecule has 2 heterocycles. The lowest BCUT2D eigenvalue weighted by atomic mass is 9.92. The standard InChI is InChI=1S/C18H17ClN2O3S/c19-12-5-3-11(4-6-12)16-20-15(9-25-16)17(22)21-7-13(10-1-2-10)14(8-21)18(23)24/h3-6,9-10,13-14H,1-2,7-8H2,(H,23,24)/t13-,14+/m1/s1. The summed E-state index contributed by atoms with van der Waals surface area (Å²) in [6.07, 6.45) is 2.15. The molecule has 5 nitrogen and oxygen atoms in total. The van der Waals surface area contributed by atoms with Crippen molar-refractivity contribution in [1.29, 1.82) is 0 Å². The number of carboxylic acid groups (broad SMARTS) is 1. The van der Waals surface area contributed by atoms with Gasteiger partial charge in [-0.25, -0.2) is 4.98 Å². The largest absolute Gasteiger partial charge is 0.481 e. The first-order chi connectivity index (χ1) is 12.0. The van der Waals surface area contributed by atoms with Gasteiger partial charge in [0.25, 0.3) is 5.91 Å². The summed E-state index contributed by atoms with van der Waals surface area (Å²) in [5.74, 6) is -0.890. The summed E-state index contributed by atoms with van der Waals surface area (Å²) in [6, 6.07) is 7.32. The van der Waals surface area contributed by atoms with Gasteiger partial charge in [0.2, 0.25) is 0 Å². The highest BCUT2D eigenvalue weighted by Gasteiger charge is 2.47. The number of halogens is 1. The maximum atomic E-state index is 12.8. The Hall–Kier alpha value is -1.92. The molecule has 2 aliphatic rings. The molecule has 0 spiro atoms. The van der Waals surface area contributed by atoms with E-state index in [-0.39, 0.29) is 18.4 Å². The van der Waals surface area contributed by atoms with E-state index in [9.17, 15) is 14.7 Å². The lowest BCUT2D eigenvalue weighted by Crippen LogP contribution is -2.30. The molecule has 1 saturated heterocycles. The zero-order chi connectivity index (χ0) is 17.6. The van der Waals surface area contributed by atoms with Gasteiger partial charge in [-0.2, -0.15) is 0 Å². The maximum Gasteiger partial charge on any atom is 0.308 e. The minimum atomic E-state index is -0.799. The van der Waals surface area contributed by atoms with Crippen molar-refractivity contribution >= 4 is 34.8 Å². The van der Waals surface area contributed by atoms with Crippen molar-refractivity contribution in [2.45, 2.75) is 12.8 Å². The van der Waals surface area contributed by atoms with Gasteiger partial charge in [0.15, 0.2) is 0 Å². The highest BCUT2D eigenvalue weighted by atomic mass is 35.5. The number of nitrogens with zero attached hydrogens (tertiary/aromatic N) is 2. The van der Waals surface area contributed by atoms with Gasteiger partial charge in [0, 0.05) is 29.1 Å². The fraction of sp³-hybridized carbons (Fsp3) is 0.389. The topological polar surface area (TPSA) is 70.5 Å². The number of carbonyl (C=O) groups is 2. The van der Waals surface area contributed by atoms with Crippen LogP contribution in [0.25, 0.3) is 10.6 Å². The van der Waals surface area contributed by atoms with Crippen LogP contribution >= 0.6 is 22.9 Å². The second kappa shape index (κ2) is 6.42. The number of carbonyl (C=O) groups excluding carboxylic acids is 1. The summed E-state index contributed by atoms with van der Waals surface area (Å²) in [5.41, 5.74) is 1.30. The number of aromatic nitrogens is 1. The molecule has 1 amide bonds. The van der Waals surface area contributed by atoms with Crippen molar-refractivity contribution < 1.29 is 14.7 Å². The van der Waals surface area contributed by atoms with Crippen LogP contribution in [-0.4, -0.2) is 40.0 Å². The minimum Gasteiger partial charge on any atom is -0.481 e. The number of hydrogen-bond donors (Lipinski definition) is 1. The molecule has 2 atom stereocenters. The molecule has 25 heavy (non-hydrogen) atoms. The SMILES string of the molecule is O=C(O)[C@H]1CN(C(=O)c2csc(-c3ccc(Cl)cc3)n2)C[C@@H]1C1CC1. The van der Waals surface area contributed by atoms with Crippen molar-refractivity contribution in [3.8, 4) is 10.6 Å². The maximum absolute atomic E-state index is 12.8. The van der Waals surface area contributed by atoms with E-state index >= 15 is 0 Å². The molecule has 1 aliphatic heterocycles. The molecule has 4 rings (SSSR count). The Kier molecular flexibility index (Phi) is 4.25. The molecule has 0 radical (unpaired) electrons. The first-order valence-corrected chi connectivity index (χ1v) is 9.52. The van der Waals surface area contributed by atoms with Gasteiger partial charge in [0.1, 0.15) is 10.7 Å². The molecule has 2 aromatic rings. The number of hydrogen-bond acceptors (Lipinski definition) is 4. The lowest BCUT2D eigenvalue weighted by molar-refractivity contribution is -0.142. The summed E-state index contributed by atoms with van der Waals surface area (Å²) in [5, 5.41) is 12.6. The van der Waals surface area contributed by atoms with Gasteiger partial charge in [-0.15, -0.1) is 11.3 Å². The van der Waals surface area contributed by atoms with Crippen LogP contribution in [0.4, 0.5) is 0 Å². The van der Waals surface area contributed by atoms with E-state index < -0.39 is 11.9 Å². The molecule has 1 aromatic heterocycles. The van der Waals surface area contributed by atoms with Gasteiger partial charge >= 0.3 is 5.97 Å². The number of thiazole rings is 1. The van der Waals surface area contributed by atoms with Crippen molar-refractivity contribution in [1.82, 2.24) is 9.88 Å². The van der Waals surface area contributed by atoms with Crippen molar-refractivity contribution in [3.05, 3.63) is 40.4 Å². The molecule has 0 unspecified atom stereocenters. The molecule has 1 N–H and O–H groups in total. The second-order valence-corrected chi connectivity index (χ2v) is 8.00. The van der Waals surface area contributed by atoms with Crippen LogP contribution in [0.3, 0.4) is 0 Å². The predicted molar refractivity (Wildman–Crippen MR) is 95.8 cm³/mol. The summed E-state index contributed by atoms with van der Waals surface area (Å²) >= 11 is 7.30. The number of carboxylic acids is 1. The Labute approximate surface area is 154 Å². The zero-order valence-electron chi connectivity index (χ0n) is 13.4. The summed E-state index contributed by atoms with van der Waals surface area (Å²) in [6.45, 7) is 0.803. The molecule has 130 valence electrons. The lowest BCUT2D eigenvalue weighted by Gasteiger charge is -2.14. The van der Waals surface area contributed by atoms with Crippen LogP contribution in [0.5, 0.6) is 0 Å². The highest BCUT2D eigenvalue weighted by molar-refractivity contribution is 7.13. The Morgan fingerprint density at radius 1 is 1.20 bits per heavy atom. The number of likely N-dealkylation sites (tertiary alicyclic amines) is 1. The van der Waals surface area contributed by atoms with Gasteiger partial charge in [-0.3, -0.25) is 9.59 Å². The van der Waals surface area contributed by atoms with E-state index in [2.05, 4.69) is 4.98 Å². The number of aliphatic carboxylic acids is 1. The first-order valence-electron chi connectivity index (χ1n) is 8.26. The average molecular weight is 377 g/mol. The van der Waals surface area contributed by atoms with Crippen molar-refractivity contribution in [2.75, 3.05) is 13.1 Å². The fourth-order valence-corrected chi connectivity index (χ4v) is 4.44. The molecule has 1 aromatic carbocycles. The number of benzene rings is 1. The molecule has 0 bridgehead atoms. The summed E-state index contributed by atoms with van der Waals surface area (Å²) in [7, 11) is 0. The highest BCUT2D eigenvalue weighted by Crippen LogP contribution is 2.44. The predicted octanol–water partition coefficient (Wildman–Crippen LogP) is 3.65. The molecular formula is C18H17ClN2O3S. The zero-order valence-corrected chi connectivity index (χ0v) is 15.0. The van der Waals surface area contributed by atoms with Crippen LogP contribution < -0.4 is 0 Å². The average Bonchev–Trinajstić information content (AvgIpc) is 3.16. The fourth-order valence-electron chi connectivity index (χ4n) is 3.52. The molecular weight excluding hydrogens is 360 g/mol. The van der Waals surface area contributed by atoms with Crippen LogP contribution in [0.2, 0.25) is 5.02 Å². The van der Waals surface area contributed by atoms with Gasteiger partial charge in [-0.1, -0.05) is 23.7 Å². The Morgan fingerprint density at radius 2 is 1.92 bits per heavy atom. The molecule has 1 aliphatic carbocycles. The van der Waals surface area contributed by atoms with Crippen LogP contribution in [0.1, 0.15) is 23.3 Å². The Bertz CT molecular complexity index is 816. The van der Waals surface area contributed by atoms with Gasteiger partial charge < -0.3 is 10.0 Å². The van der Waals surface area contributed by atoms with E-state index in [1.54, 1.807) is 22.4 Å². The first kappa shape index (κ1) is 16.5. The van der Waals surface area contributed by atoms with E-state index in [0.717, 1.165) is 23.4 Å². The summed E-state index contributed by atoms with van der Waals surface area (Å²) in [4.78, 5) is 30.4. The molecule has 1 saturated carbocycles. The van der Waals surface area contributed by atoms with Crippen LogP contribution in [0.15, 0.2) is 29.6 Å². The van der Waals surface area contributed by atoms with Gasteiger partial charge in [0.05, 0.1) is 5.92 Å². The van der Waals surface area contributed by atoms with Crippen LogP contribution in [-0.2, 0) is 4.79 Å². The second-order valence-electron chi connectivity index (χ2n) is 6.70. The van der Waals surface area contributed by atoms with E-state index in [1.165, 1.54) is 11.3 Å². The van der Waals surface area contributed by atoms with Crippen LogP contribution in [0, 0.1) is 17.8 Å². The Morgan fingerprint density at radius 3 is 2.56 bits per heavy atom.